The Morgan fingerprint density at radius 3 is 2.43 bits per heavy atom. The molecule has 2 N–H and O–H groups in total. The molecule has 0 spiro atoms. The van der Waals surface area contributed by atoms with Crippen LogP contribution >= 0.6 is 0 Å². The van der Waals surface area contributed by atoms with E-state index in [9.17, 15) is 9.90 Å². The molecular formula is C17H33N3O3. The summed E-state index contributed by atoms with van der Waals surface area (Å²) in [6.07, 6.45) is 2.06. The highest BCUT2D eigenvalue weighted by Crippen LogP contribution is 2.24. The van der Waals surface area contributed by atoms with Crippen molar-refractivity contribution in [3.8, 4) is 0 Å². The van der Waals surface area contributed by atoms with Gasteiger partial charge in [0.2, 0.25) is 0 Å². The molecule has 0 aromatic carbocycles. The zero-order valence-electron chi connectivity index (χ0n) is 15.3. The lowest BCUT2D eigenvalue weighted by molar-refractivity contribution is -0.0975. The summed E-state index contributed by atoms with van der Waals surface area (Å²) in [5.41, 5.74) is -1.32. The van der Waals surface area contributed by atoms with Gasteiger partial charge >= 0.3 is 6.09 Å². The molecule has 1 unspecified atom stereocenters. The first kappa shape index (κ1) is 18.5. The molecule has 1 amide bonds. The smallest absolute Gasteiger partial charge is 0.410 e. The van der Waals surface area contributed by atoms with Gasteiger partial charge in [-0.15, -0.1) is 0 Å². The van der Waals surface area contributed by atoms with E-state index in [2.05, 4.69) is 24.2 Å². The van der Waals surface area contributed by atoms with Crippen molar-refractivity contribution in [1.29, 1.82) is 0 Å². The number of carbonyl (C=O) groups is 1. The third-order valence-electron chi connectivity index (χ3n) is 4.85. The van der Waals surface area contributed by atoms with Crippen molar-refractivity contribution in [3.05, 3.63) is 0 Å². The number of hydrogen-bond donors (Lipinski definition) is 2. The average Bonchev–Trinajstić information content (AvgIpc) is 2.40. The molecule has 2 saturated heterocycles. The van der Waals surface area contributed by atoms with Gasteiger partial charge in [-0.25, -0.2) is 4.79 Å². The molecule has 0 aliphatic carbocycles. The number of ether oxygens (including phenoxy) is 1. The predicted octanol–water partition coefficient (Wildman–Crippen LogP) is 1.29. The van der Waals surface area contributed by atoms with Crippen molar-refractivity contribution >= 4 is 6.09 Å². The van der Waals surface area contributed by atoms with E-state index in [0.717, 1.165) is 13.1 Å². The maximum Gasteiger partial charge on any atom is 0.410 e. The van der Waals surface area contributed by atoms with Gasteiger partial charge in [0.15, 0.2) is 0 Å². The highest BCUT2D eigenvalue weighted by atomic mass is 16.6. The second-order valence-electron chi connectivity index (χ2n) is 8.37. The van der Waals surface area contributed by atoms with E-state index >= 15 is 0 Å². The molecule has 6 nitrogen and oxygen atoms in total. The fourth-order valence-electron chi connectivity index (χ4n) is 3.28. The Kier molecular flexibility index (Phi) is 5.59. The van der Waals surface area contributed by atoms with E-state index in [1.165, 1.54) is 12.8 Å². The minimum absolute atomic E-state index is 0.342. The number of nitrogens with one attached hydrogen (secondary N) is 1. The molecular weight excluding hydrogens is 294 g/mol. The molecule has 2 fully saturated rings. The highest BCUT2D eigenvalue weighted by molar-refractivity contribution is 5.69. The molecule has 2 rings (SSSR count). The molecule has 1 atom stereocenters. The lowest BCUT2D eigenvalue weighted by atomic mass is 9.89. The molecule has 0 radical (unpaired) electrons. The number of amides is 1. The number of hydrogen-bond acceptors (Lipinski definition) is 5. The van der Waals surface area contributed by atoms with Crippen LogP contribution in [0.4, 0.5) is 4.79 Å². The van der Waals surface area contributed by atoms with Crippen molar-refractivity contribution < 1.29 is 14.6 Å². The Morgan fingerprint density at radius 1 is 1.35 bits per heavy atom. The van der Waals surface area contributed by atoms with E-state index in [4.69, 9.17) is 4.74 Å². The van der Waals surface area contributed by atoms with Gasteiger partial charge in [-0.3, -0.25) is 0 Å². The van der Waals surface area contributed by atoms with Crippen molar-refractivity contribution in [1.82, 2.24) is 15.1 Å². The van der Waals surface area contributed by atoms with Gasteiger partial charge < -0.3 is 25.0 Å². The molecule has 6 heteroatoms. The second-order valence-corrected chi connectivity index (χ2v) is 8.37. The maximum absolute atomic E-state index is 11.9. The van der Waals surface area contributed by atoms with Crippen LogP contribution in [0.15, 0.2) is 0 Å². The van der Waals surface area contributed by atoms with Crippen LogP contribution < -0.4 is 5.32 Å². The topological polar surface area (TPSA) is 65.0 Å². The third-order valence-corrected chi connectivity index (χ3v) is 4.85. The van der Waals surface area contributed by atoms with Gasteiger partial charge in [-0.05, 0) is 66.6 Å². The number of β-amino-alcohol motifs (C(OH)–C–C–N with tert-alkyl or cyclic N) is 1. The predicted molar refractivity (Wildman–Crippen MR) is 90.4 cm³/mol. The first-order valence-electron chi connectivity index (χ1n) is 8.70. The van der Waals surface area contributed by atoms with Crippen LogP contribution in [-0.2, 0) is 4.74 Å². The second kappa shape index (κ2) is 6.95. The number of likely N-dealkylation sites (tertiary alicyclic amines) is 2. The van der Waals surface area contributed by atoms with Crippen molar-refractivity contribution in [3.63, 3.8) is 0 Å². The van der Waals surface area contributed by atoms with E-state index < -0.39 is 11.2 Å². The number of nitrogens with zero attached hydrogens (tertiary/aromatic N) is 2. The van der Waals surface area contributed by atoms with Gasteiger partial charge in [-0.1, -0.05) is 0 Å². The Morgan fingerprint density at radius 2 is 1.91 bits per heavy atom. The number of rotatable bonds is 4. The van der Waals surface area contributed by atoms with Gasteiger partial charge in [-0.2, -0.15) is 0 Å². The summed E-state index contributed by atoms with van der Waals surface area (Å²) in [5, 5.41) is 14.0. The number of carbonyl (C=O) groups excluding carboxylic acids is 1. The Bertz CT molecular complexity index is 408. The van der Waals surface area contributed by atoms with Gasteiger partial charge in [0.25, 0.3) is 0 Å². The Balaban J connectivity index is 1.70. The zero-order chi connectivity index (χ0) is 17.3. The fourth-order valence-corrected chi connectivity index (χ4v) is 3.28. The maximum atomic E-state index is 11.9. The number of piperidine rings is 1. The summed E-state index contributed by atoms with van der Waals surface area (Å²) in [4.78, 5) is 15.8. The van der Waals surface area contributed by atoms with Crippen molar-refractivity contribution in [2.75, 3.05) is 39.8 Å². The van der Waals surface area contributed by atoms with Crippen LogP contribution in [0.25, 0.3) is 0 Å². The first-order valence-corrected chi connectivity index (χ1v) is 8.70. The van der Waals surface area contributed by atoms with E-state index in [1.807, 2.05) is 20.8 Å². The summed E-state index contributed by atoms with van der Waals surface area (Å²) in [7, 11) is 2.16. The monoisotopic (exact) mass is 327 g/mol. The third kappa shape index (κ3) is 5.33. The quantitative estimate of drug-likeness (QED) is 0.814. The Labute approximate surface area is 140 Å². The largest absolute Gasteiger partial charge is 0.444 e. The molecule has 0 aromatic heterocycles. The standard InChI is InChI=1S/C17H33N3O3/c1-13(14-6-8-19(5)9-7-14)18-10-17(22)11-20(12-17)15(21)23-16(2,3)4/h13-14,18,22H,6-12H2,1-5H3. The van der Waals surface area contributed by atoms with Crippen LogP contribution in [-0.4, -0.2) is 78.0 Å². The molecule has 134 valence electrons. The minimum atomic E-state index is -0.823. The summed E-state index contributed by atoms with van der Waals surface area (Å²) in [6, 6.07) is 0.392. The first-order chi connectivity index (χ1) is 10.6. The number of aliphatic hydroxyl groups is 1. The fraction of sp³-hybridized carbons (Fsp3) is 0.941. The molecule has 2 aliphatic heterocycles. The summed E-state index contributed by atoms with van der Waals surface area (Å²) in [6.45, 7) is 11.2. The van der Waals surface area contributed by atoms with Crippen molar-refractivity contribution in [2.24, 2.45) is 5.92 Å². The summed E-state index contributed by atoms with van der Waals surface area (Å²) < 4.78 is 5.32. The molecule has 2 aliphatic rings. The van der Waals surface area contributed by atoms with Gasteiger partial charge in [0, 0.05) is 12.6 Å². The van der Waals surface area contributed by atoms with Crippen LogP contribution in [0.3, 0.4) is 0 Å². The van der Waals surface area contributed by atoms with E-state index in [1.54, 1.807) is 4.90 Å². The van der Waals surface area contributed by atoms with Gasteiger partial charge in [0.1, 0.15) is 11.2 Å². The zero-order valence-corrected chi connectivity index (χ0v) is 15.3. The van der Waals surface area contributed by atoms with Crippen LogP contribution in [0.2, 0.25) is 0 Å². The van der Waals surface area contributed by atoms with E-state index in [0.29, 0.717) is 31.6 Å². The van der Waals surface area contributed by atoms with Crippen LogP contribution in [0.1, 0.15) is 40.5 Å². The normalized spacial score (nSPS) is 24.2. The molecule has 2 heterocycles. The van der Waals surface area contributed by atoms with Crippen LogP contribution in [0.5, 0.6) is 0 Å². The average molecular weight is 327 g/mol. The SMILES string of the molecule is CC(NCC1(O)CN(C(=O)OC(C)(C)C)C1)C1CCN(C)CC1. The minimum Gasteiger partial charge on any atom is -0.444 e. The highest BCUT2D eigenvalue weighted by Gasteiger charge is 2.45. The molecule has 23 heavy (non-hydrogen) atoms. The molecule has 0 aromatic rings. The lowest BCUT2D eigenvalue weighted by Crippen LogP contribution is -2.68. The van der Waals surface area contributed by atoms with Gasteiger partial charge in [0.05, 0.1) is 13.1 Å². The lowest BCUT2D eigenvalue weighted by Gasteiger charge is -2.47. The summed E-state index contributed by atoms with van der Waals surface area (Å²) in [5.74, 6) is 0.664. The van der Waals surface area contributed by atoms with E-state index in [-0.39, 0.29) is 6.09 Å². The molecule has 0 saturated carbocycles. The Hall–Kier alpha value is -0.850. The molecule has 0 bridgehead atoms. The van der Waals surface area contributed by atoms with Crippen LogP contribution in [0, 0.1) is 5.92 Å². The van der Waals surface area contributed by atoms with Crippen molar-refractivity contribution in [2.45, 2.75) is 57.8 Å². The summed E-state index contributed by atoms with van der Waals surface area (Å²) >= 11 is 0.